The van der Waals surface area contributed by atoms with Gasteiger partial charge in [-0.1, -0.05) is 29.3 Å². The number of halogens is 2. The number of nitrogens with two attached hydrogens (primary N) is 1. The van der Waals surface area contributed by atoms with E-state index >= 15 is 0 Å². The Morgan fingerprint density at radius 1 is 1.35 bits per heavy atom. The maximum absolute atomic E-state index is 6.23. The van der Waals surface area contributed by atoms with Crippen molar-refractivity contribution in [3.05, 3.63) is 39.3 Å². The standard InChI is InChI=1S/C13H10Cl2N4S/c1-19-13(16)10(7-3-2-4-17-6-7)11(18-19)8-5-9(14)20-12(8)15/h2-6H,16H2,1H3. The van der Waals surface area contributed by atoms with Crippen LogP contribution in [-0.4, -0.2) is 14.8 Å². The monoisotopic (exact) mass is 324 g/mol. The van der Waals surface area contributed by atoms with E-state index in [2.05, 4.69) is 10.1 Å². The van der Waals surface area contributed by atoms with Gasteiger partial charge in [0, 0.05) is 30.6 Å². The van der Waals surface area contributed by atoms with E-state index in [-0.39, 0.29) is 0 Å². The molecular formula is C13H10Cl2N4S. The summed E-state index contributed by atoms with van der Waals surface area (Å²) >= 11 is 13.6. The molecule has 0 fully saturated rings. The summed E-state index contributed by atoms with van der Waals surface area (Å²) in [7, 11) is 1.79. The van der Waals surface area contributed by atoms with Crippen LogP contribution in [-0.2, 0) is 7.05 Å². The van der Waals surface area contributed by atoms with Crippen molar-refractivity contribution in [2.45, 2.75) is 0 Å². The van der Waals surface area contributed by atoms with Gasteiger partial charge < -0.3 is 5.73 Å². The van der Waals surface area contributed by atoms with Crippen molar-refractivity contribution < 1.29 is 0 Å². The lowest BCUT2D eigenvalue weighted by molar-refractivity contribution is 0.782. The van der Waals surface area contributed by atoms with Gasteiger partial charge >= 0.3 is 0 Å². The van der Waals surface area contributed by atoms with E-state index in [0.717, 1.165) is 16.7 Å². The summed E-state index contributed by atoms with van der Waals surface area (Å²) in [5.74, 6) is 0.561. The van der Waals surface area contributed by atoms with Crippen LogP contribution in [0.2, 0.25) is 8.67 Å². The normalized spacial score (nSPS) is 10.9. The third-order valence-corrected chi connectivity index (χ3v) is 4.44. The predicted octanol–water partition coefficient (Wildman–Crippen LogP) is 4.10. The van der Waals surface area contributed by atoms with Gasteiger partial charge in [-0.15, -0.1) is 11.3 Å². The van der Waals surface area contributed by atoms with Gasteiger partial charge in [-0.3, -0.25) is 9.67 Å². The lowest BCUT2D eigenvalue weighted by atomic mass is 10.0. The smallest absolute Gasteiger partial charge is 0.129 e. The van der Waals surface area contributed by atoms with Crippen molar-refractivity contribution in [2.75, 3.05) is 5.73 Å². The third-order valence-electron chi connectivity index (χ3n) is 2.95. The number of aromatic nitrogens is 3. The molecule has 4 nitrogen and oxygen atoms in total. The van der Waals surface area contributed by atoms with E-state index in [4.69, 9.17) is 28.9 Å². The zero-order valence-corrected chi connectivity index (χ0v) is 12.8. The molecule has 0 aromatic carbocycles. The van der Waals surface area contributed by atoms with Gasteiger partial charge in [-0.05, 0) is 12.1 Å². The van der Waals surface area contributed by atoms with Crippen LogP contribution in [0.5, 0.6) is 0 Å². The number of rotatable bonds is 2. The summed E-state index contributed by atoms with van der Waals surface area (Å²) in [6.45, 7) is 0. The Kier molecular flexibility index (Phi) is 3.41. The topological polar surface area (TPSA) is 56.7 Å². The molecule has 0 aliphatic rings. The van der Waals surface area contributed by atoms with Crippen LogP contribution in [0.1, 0.15) is 0 Å². The lowest BCUT2D eigenvalue weighted by Gasteiger charge is -2.02. The molecule has 102 valence electrons. The first-order valence-corrected chi connectivity index (χ1v) is 7.33. The van der Waals surface area contributed by atoms with Crippen molar-refractivity contribution in [1.82, 2.24) is 14.8 Å². The van der Waals surface area contributed by atoms with Gasteiger partial charge in [0.2, 0.25) is 0 Å². The van der Waals surface area contributed by atoms with Gasteiger partial charge in [-0.2, -0.15) is 5.10 Å². The molecule has 0 saturated heterocycles. The van der Waals surface area contributed by atoms with Crippen molar-refractivity contribution >= 4 is 40.4 Å². The summed E-state index contributed by atoms with van der Waals surface area (Å²) < 4.78 is 2.84. The molecule has 3 heterocycles. The van der Waals surface area contributed by atoms with Gasteiger partial charge in [-0.25, -0.2) is 0 Å². The van der Waals surface area contributed by atoms with Crippen LogP contribution < -0.4 is 5.73 Å². The van der Waals surface area contributed by atoms with Crippen molar-refractivity contribution in [3.8, 4) is 22.4 Å². The molecule has 0 aliphatic carbocycles. The number of thiophene rings is 1. The molecule has 0 radical (unpaired) electrons. The number of hydrogen-bond donors (Lipinski definition) is 1. The molecule has 20 heavy (non-hydrogen) atoms. The highest BCUT2D eigenvalue weighted by atomic mass is 35.5. The molecule has 0 amide bonds. The second kappa shape index (κ2) is 5.09. The molecule has 0 spiro atoms. The molecule has 3 aromatic rings. The molecule has 0 aliphatic heterocycles. The number of nitrogens with zero attached hydrogens (tertiary/aromatic N) is 3. The van der Waals surface area contributed by atoms with Gasteiger partial charge in [0.05, 0.1) is 9.90 Å². The maximum atomic E-state index is 6.23. The van der Waals surface area contributed by atoms with Gasteiger partial charge in [0.25, 0.3) is 0 Å². The van der Waals surface area contributed by atoms with Crippen LogP contribution in [0.4, 0.5) is 5.82 Å². The summed E-state index contributed by atoms with van der Waals surface area (Å²) in [6.07, 6.45) is 3.46. The molecular weight excluding hydrogens is 315 g/mol. The number of aryl methyl sites for hydroxylation is 1. The number of hydrogen-bond acceptors (Lipinski definition) is 4. The van der Waals surface area contributed by atoms with E-state index in [1.54, 1.807) is 30.2 Å². The van der Waals surface area contributed by atoms with Crippen LogP contribution in [0.15, 0.2) is 30.6 Å². The zero-order valence-electron chi connectivity index (χ0n) is 10.5. The maximum Gasteiger partial charge on any atom is 0.129 e. The van der Waals surface area contributed by atoms with Crippen molar-refractivity contribution in [3.63, 3.8) is 0 Å². The second-order valence-corrected chi connectivity index (χ2v) is 6.50. The minimum Gasteiger partial charge on any atom is -0.383 e. The quantitative estimate of drug-likeness (QED) is 0.772. The molecule has 0 bridgehead atoms. The van der Waals surface area contributed by atoms with E-state index in [1.807, 2.05) is 12.1 Å². The summed E-state index contributed by atoms with van der Waals surface area (Å²) in [6, 6.07) is 5.59. The Morgan fingerprint density at radius 2 is 2.15 bits per heavy atom. The largest absolute Gasteiger partial charge is 0.383 e. The first kappa shape index (κ1) is 13.4. The highest BCUT2D eigenvalue weighted by Crippen LogP contribution is 2.43. The Balaban J connectivity index is 2.28. The fourth-order valence-corrected chi connectivity index (χ4v) is 3.49. The first-order chi connectivity index (χ1) is 9.58. The van der Waals surface area contributed by atoms with Crippen LogP contribution in [0.25, 0.3) is 22.4 Å². The van der Waals surface area contributed by atoms with E-state index in [1.165, 1.54) is 11.3 Å². The Labute approximate surface area is 129 Å². The average Bonchev–Trinajstić information content (AvgIpc) is 2.91. The SMILES string of the molecule is Cn1nc(-c2cc(Cl)sc2Cl)c(-c2cccnc2)c1N. The molecule has 3 aromatic heterocycles. The fraction of sp³-hybridized carbons (Fsp3) is 0.0769. The average molecular weight is 325 g/mol. The number of pyridine rings is 1. The molecule has 0 unspecified atom stereocenters. The summed E-state index contributed by atoms with van der Waals surface area (Å²) in [5, 5.41) is 4.46. The fourth-order valence-electron chi connectivity index (χ4n) is 2.02. The minimum absolute atomic E-state index is 0.561. The summed E-state index contributed by atoms with van der Waals surface area (Å²) in [5.41, 5.74) is 9.34. The highest BCUT2D eigenvalue weighted by Gasteiger charge is 2.21. The van der Waals surface area contributed by atoms with E-state index in [0.29, 0.717) is 20.2 Å². The van der Waals surface area contributed by atoms with Crippen molar-refractivity contribution in [1.29, 1.82) is 0 Å². The highest BCUT2D eigenvalue weighted by molar-refractivity contribution is 7.20. The van der Waals surface area contributed by atoms with Crippen molar-refractivity contribution in [2.24, 2.45) is 7.05 Å². The van der Waals surface area contributed by atoms with Crippen LogP contribution >= 0.6 is 34.5 Å². The van der Waals surface area contributed by atoms with Crippen LogP contribution in [0.3, 0.4) is 0 Å². The molecule has 3 rings (SSSR count). The summed E-state index contributed by atoms with van der Waals surface area (Å²) in [4.78, 5) is 4.12. The number of nitrogen functional groups attached to an aromatic ring is 1. The Hall–Kier alpha value is -1.56. The zero-order chi connectivity index (χ0) is 14.3. The molecule has 7 heteroatoms. The van der Waals surface area contributed by atoms with Crippen LogP contribution in [0, 0.1) is 0 Å². The third kappa shape index (κ3) is 2.18. The molecule has 0 saturated carbocycles. The number of anilines is 1. The van der Waals surface area contributed by atoms with Gasteiger partial charge in [0.15, 0.2) is 0 Å². The lowest BCUT2D eigenvalue weighted by Crippen LogP contribution is -1.98. The van der Waals surface area contributed by atoms with Gasteiger partial charge in [0.1, 0.15) is 15.8 Å². The van der Waals surface area contributed by atoms with E-state index in [9.17, 15) is 0 Å². The molecule has 2 N–H and O–H groups in total. The minimum atomic E-state index is 0.561. The predicted molar refractivity (Wildman–Crippen MR) is 84.2 cm³/mol. The molecule has 0 atom stereocenters. The first-order valence-electron chi connectivity index (χ1n) is 5.76. The Morgan fingerprint density at radius 3 is 2.75 bits per heavy atom. The Bertz CT molecular complexity index is 764. The van der Waals surface area contributed by atoms with E-state index < -0.39 is 0 Å². The second-order valence-electron chi connectivity index (χ2n) is 4.21.